The highest BCUT2D eigenvalue weighted by atomic mass is 32.2. The van der Waals surface area contributed by atoms with Crippen molar-refractivity contribution < 1.29 is 17.9 Å². The predicted molar refractivity (Wildman–Crippen MR) is 77.8 cm³/mol. The number of aromatic amines is 1. The third kappa shape index (κ3) is 4.18. The number of nitrogens with zero attached hydrogens (tertiary/aromatic N) is 2. The number of aromatic nitrogens is 2. The highest BCUT2D eigenvalue weighted by Crippen LogP contribution is 2.22. The first-order chi connectivity index (χ1) is 9.86. The fourth-order valence-electron chi connectivity index (χ4n) is 1.92. The number of esters is 1. The number of ether oxygens (including phenoxy) is 1. The third-order valence-corrected chi connectivity index (χ3v) is 5.24. The summed E-state index contributed by atoms with van der Waals surface area (Å²) < 4.78 is 30.9. The van der Waals surface area contributed by atoms with E-state index in [1.807, 2.05) is 13.8 Å². The average Bonchev–Trinajstić information content (AvgIpc) is 2.89. The van der Waals surface area contributed by atoms with Crippen LogP contribution in [-0.2, 0) is 19.6 Å². The molecule has 0 spiro atoms. The summed E-state index contributed by atoms with van der Waals surface area (Å²) in [5.74, 6) is -0.515. The van der Waals surface area contributed by atoms with Crippen molar-refractivity contribution >= 4 is 21.8 Å². The van der Waals surface area contributed by atoms with E-state index in [-0.39, 0.29) is 29.7 Å². The first kappa shape index (κ1) is 17.4. The predicted octanol–water partition coefficient (Wildman–Crippen LogP) is 0.592. The topological polar surface area (TPSA) is 118 Å². The molecule has 0 fully saturated rings. The second-order valence-electron chi connectivity index (χ2n) is 4.70. The zero-order valence-electron chi connectivity index (χ0n) is 12.5. The van der Waals surface area contributed by atoms with E-state index >= 15 is 0 Å². The van der Waals surface area contributed by atoms with E-state index < -0.39 is 16.0 Å². The Morgan fingerprint density at radius 2 is 2.10 bits per heavy atom. The lowest BCUT2D eigenvalue weighted by molar-refractivity contribution is -0.140. The van der Waals surface area contributed by atoms with E-state index in [1.54, 1.807) is 0 Å². The average molecular weight is 318 g/mol. The van der Waals surface area contributed by atoms with Crippen LogP contribution in [0.4, 0.5) is 5.82 Å². The molecular weight excluding hydrogens is 296 g/mol. The molecule has 0 unspecified atom stereocenters. The van der Waals surface area contributed by atoms with Gasteiger partial charge in [-0.3, -0.25) is 9.89 Å². The maximum Gasteiger partial charge on any atom is 0.321 e. The quantitative estimate of drug-likeness (QED) is 0.677. The second-order valence-corrected chi connectivity index (χ2v) is 6.61. The molecule has 0 atom stereocenters. The first-order valence-electron chi connectivity index (χ1n) is 6.72. The summed E-state index contributed by atoms with van der Waals surface area (Å²) in [6, 6.07) is 0. The molecule has 0 amide bonds. The van der Waals surface area contributed by atoms with Gasteiger partial charge in [0.15, 0.2) is 0 Å². The molecule has 0 saturated carbocycles. The van der Waals surface area contributed by atoms with Crippen LogP contribution in [0.2, 0.25) is 0 Å². The number of nitrogens with one attached hydrogen (secondary N) is 1. The van der Waals surface area contributed by atoms with Crippen LogP contribution in [0.3, 0.4) is 0 Å². The Morgan fingerprint density at radius 3 is 2.52 bits per heavy atom. The SMILES string of the molecule is CCC(CC)CN(CC(=O)OC)S(=O)(=O)c1cn[nH]c1N. The van der Waals surface area contributed by atoms with Gasteiger partial charge in [0.2, 0.25) is 10.0 Å². The van der Waals surface area contributed by atoms with Crippen molar-refractivity contribution in [3.63, 3.8) is 0 Å². The van der Waals surface area contributed by atoms with Crippen molar-refractivity contribution in [2.24, 2.45) is 5.92 Å². The van der Waals surface area contributed by atoms with Gasteiger partial charge in [-0.1, -0.05) is 26.7 Å². The fourth-order valence-corrected chi connectivity index (χ4v) is 3.39. The van der Waals surface area contributed by atoms with E-state index in [9.17, 15) is 13.2 Å². The summed E-state index contributed by atoms with van der Waals surface area (Å²) >= 11 is 0. The van der Waals surface area contributed by atoms with Crippen LogP contribution < -0.4 is 5.73 Å². The Bertz CT molecular complexity index is 566. The summed E-state index contributed by atoms with van der Waals surface area (Å²) in [4.78, 5) is 11.4. The highest BCUT2D eigenvalue weighted by molar-refractivity contribution is 7.89. The minimum Gasteiger partial charge on any atom is -0.468 e. The normalized spacial score (nSPS) is 12.0. The van der Waals surface area contributed by atoms with Crippen LogP contribution >= 0.6 is 0 Å². The number of rotatable bonds is 8. The number of nitrogen functional groups attached to an aromatic ring is 1. The molecule has 0 radical (unpaired) electrons. The van der Waals surface area contributed by atoms with Gasteiger partial charge in [-0.05, 0) is 5.92 Å². The number of hydrogen-bond donors (Lipinski definition) is 2. The number of nitrogens with two attached hydrogens (primary N) is 1. The van der Waals surface area contributed by atoms with Crippen LogP contribution in [0.15, 0.2) is 11.1 Å². The smallest absolute Gasteiger partial charge is 0.321 e. The van der Waals surface area contributed by atoms with E-state index in [0.717, 1.165) is 23.3 Å². The maximum absolute atomic E-state index is 12.6. The van der Waals surface area contributed by atoms with Crippen LogP contribution in [-0.4, -0.2) is 49.1 Å². The van der Waals surface area contributed by atoms with Crippen LogP contribution in [0.25, 0.3) is 0 Å². The van der Waals surface area contributed by atoms with Gasteiger partial charge in [0.25, 0.3) is 0 Å². The Hall–Kier alpha value is -1.61. The molecule has 0 aliphatic heterocycles. The minimum absolute atomic E-state index is 0.0468. The van der Waals surface area contributed by atoms with Gasteiger partial charge in [0.1, 0.15) is 17.3 Å². The highest BCUT2D eigenvalue weighted by Gasteiger charge is 2.31. The zero-order chi connectivity index (χ0) is 16.0. The maximum atomic E-state index is 12.6. The number of sulfonamides is 1. The Labute approximate surface area is 124 Å². The molecular formula is C12H22N4O4S. The number of H-pyrrole nitrogens is 1. The fraction of sp³-hybridized carbons (Fsp3) is 0.667. The number of methoxy groups -OCH3 is 1. The van der Waals surface area contributed by atoms with Gasteiger partial charge < -0.3 is 10.5 Å². The van der Waals surface area contributed by atoms with E-state index in [4.69, 9.17) is 5.73 Å². The number of hydrogen-bond acceptors (Lipinski definition) is 6. The van der Waals surface area contributed by atoms with E-state index in [2.05, 4.69) is 14.9 Å². The molecule has 0 aliphatic rings. The van der Waals surface area contributed by atoms with E-state index in [0.29, 0.717) is 0 Å². The molecule has 0 aromatic carbocycles. The summed E-state index contributed by atoms with van der Waals surface area (Å²) in [6.45, 7) is 3.83. The van der Waals surface area contributed by atoms with Crippen molar-refractivity contribution in [2.75, 3.05) is 25.9 Å². The molecule has 1 aromatic heterocycles. The molecule has 21 heavy (non-hydrogen) atoms. The van der Waals surface area contributed by atoms with Crippen molar-refractivity contribution in [1.82, 2.24) is 14.5 Å². The minimum atomic E-state index is -3.90. The van der Waals surface area contributed by atoms with Gasteiger partial charge in [-0.2, -0.15) is 9.40 Å². The Balaban J connectivity index is 3.10. The lowest BCUT2D eigenvalue weighted by Crippen LogP contribution is -2.39. The van der Waals surface area contributed by atoms with Crippen LogP contribution in [0.5, 0.6) is 0 Å². The van der Waals surface area contributed by atoms with Gasteiger partial charge in [-0.25, -0.2) is 8.42 Å². The van der Waals surface area contributed by atoms with Gasteiger partial charge >= 0.3 is 5.97 Å². The van der Waals surface area contributed by atoms with Gasteiger partial charge in [0, 0.05) is 6.54 Å². The van der Waals surface area contributed by atoms with Crippen molar-refractivity contribution in [2.45, 2.75) is 31.6 Å². The summed E-state index contributed by atoms with van der Waals surface area (Å²) in [6.07, 6.45) is 2.76. The molecule has 9 heteroatoms. The Morgan fingerprint density at radius 1 is 1.48 bits per heavy atom. The molecule has 0 aliphatic carbocycles. The molecule has 1 rings (SSSR count). The zero-order valence-corrected chi connectivity index (χ0v) is 13.3. The second kappa shape index (κ2) is 7.41. The summed E-state index contributed by atoms with van der Waals surface area (Å²) in [7, 11) is -2.68. The Kier molecular flexibility index (Phi) is 6.16. The molecule has 0 bridgehead atoms. The molecule has 1 heterocycles. The lowest BCUT2D eigenvalue weighted by Gasteiger charge is -2.24. The monoisotopic (exact) mass is 318 g/mol. The van der Waals surface area contributed by atoms with Gasteiger partial charge in [-0.15, -0.1) is 0 Å². The van der Waals surface area contributed by atoms with Gasteiger partial charge in [0.05, 0.1) is 13.3 Å². The van der Waals surface area contributed by atoms with E-state index in [1.165, 1.54) is 7.11 Å². The molecule has 3 N–H and O–H groups in total. The molecule has 1 aromatic rings. The van der Waals surface area contributed by atoms with Crippen molar-refractivity contribution in [1.29, 1.82) is 0 Å². The molecule has 8 nitrogen and oxygen atoms in total. The van der Waals surface area contributed by atoms with Crippen molar-refractivity contribution in [3.05, 3.63) is 6.20 Å². The third-order valence-electron chi connectivity index (χ3n) is 3.40. The number of carbonyl (C=O) groups is 1. The first-order valence-corrected chi connectivity index (χ1v) is 8.16. The van der Waals surface area contributed by atoms with Crippen molar-refractivity contribution in [3.8, 4) is 0 Å². The van der Waals surface area contributed by atoms with Crippen LogP contribution in [0, 0.1) is 5.92 Å². The largest absolute Gasteiger partial charge is 0.468 e. The summed E-state index contributed by atoms with van der Waals surface area (Å²) in [5.41, 5.74) is 5.58. The summed E-state index contributed by atoms with van der Waals surface area (Å²) in [5, 5.41) is 6.00. The van der Waals surface area contributed by atoms with Crippen LogP contribution in [0.1, 0.15) is 26.7 Å². The molecule has 120 valence electrons. The number of anilines is 1. The molecule has 0 saturated heterocycles. The number of carbonyl (C=O) groups excluding carboxylic acids is 1. The lowest BCUT2D eigenvalue weighted by atomic mass is 10.0. The standard InChI is InChI=1S/C12H22N4O4S/c1-4-9(5-2)7-16(8-11(17)20-3)21(18,19)10-6-14-15-12(10)13/h6,9H,4-5,7-8H2,1-3H3,(H3,13,14,15).